The van der Waals surface area contributed by atoms with Crippen molar-refractivity contribution in [3.63, 3.8) is 0 Å². The summed E-state index contributed by atoms with van der Waals surface area (Å²) in [6.07, 6.45) is 2.69. The lowest BCUT2D eigenvalue weighted by atomic mass is 10.4. The van der Waals surface area contributed by atoms with Crippen molar-refractivity contribution in [2.75, 3.05) is 33.0 Å². The highest BCUT2D eigenvalue weighted by Gasteiger charge is 1.86. The normalized spacial score (nSPS) is 9.91. The molecule has 2 nitrogen and oxygen atoms in total. The summed E-state index contributed by atoms with van der Waals surface area (Å²) < 4.78 is 16.7. The van der Waals surface area contributed by atoms with E-state index in [1.54, 1.807) is 0 Å². The van der Waals surface area contributed by atoms with Crippen molar-refractivity contribution < 1.29 is 9.13 Å². The van der Waals surface area contributed by atoms with Gasteiger partial charge in [0.25, 0.3) is 0 Å². The van der Waals surface area contributed by atoms with Crippen molar-refractivity contribution in [1.82, 2.24) is 5.32 Å². The van der Waals surface area contributed by atoms with Gasteiger partial charge >= 0.3 is 0 Å². The van der Waals surface area contributed by atoms with Crippen LogP contribution in [-0.4, -0.2) is 33.0 Å². The standard InChI is InChI=1S/C8H16FNO/c1-2-3-7-11-8-6-10-5-4-9/h2,10H,1,3-8H2. The Morgan fingerprint density at radius 1 is 1.36 bits per heavy atom. The van der Waals surface area contributed by atoms with Crippen LogP contribution in [0.1, 0.15) is 6.42 Å². The number of halogens is 1. The number of rotatable bonds is 8. The monoisotopic (exact) mass is 161 g/mol. The second-order valence-corrected chi connectivity index (χ2v) is 2.13. The molecule has 0 fully saturated rings. The number of alkyl halides is 1. The first-order valence-electron chi connectivity index (χ1n) is 3.87. The zero-order chi connectivity index (χ0) is 8.36. The summed E-state index contributed by atoms with van der Waals surface area (Å²) in [5.74, 6) is 0. The maximum Gasteiger partial charge on any atom is 0.102 e. The Labute approximate surface area is 67.4 Å². The Kier molecular flexibility index (Phi) is 9.23. The van der Waals surface area contributed by atoms with Gasteiger partial charge in [0.05, 0.1) is 13.2 Å². The fourth-order valence-corrected chi connectivity index (χ4v) is 0.605. The Bertz CT molecular complexity index is 88.2. The van der Waals surface area contributed by atoms with E-state index in [1.807, 2.05) is 6.08 Å². The van der Waals surface area contributed by atoms with Crippen LogP contribution in [0.5, 0.6) is 0 Å². The van der Waals surface area contributed by atoms with Gasteiger partial charge < -0.3 is 10.1 Å². The van der Waals surface area contributed by atoms with Crippen LogP contribution >= 0.6 is 0 Å². The van der Waals surface area contributed by atoms with E-state index in [4.69, 9.17) is 4.74 Å². The molecule has 0 atom stereocenters. The van der Waals surface area contributed by atoms with Gasteiger partial charge in [-0.05, 0) is 6.42 Å². The molecule has 1 N–H and O–H groups in total. The lowest BCUT2D eigenvalue weighted by Gasteiger charge is -2.02. The number of hydrogen-bond acceptors (Lipinski definition) is 2. The Morgan fingerprint density at radius 2 is 2.18 bits per heavy atom. The van der Waals surface area contributed by atoms with Gasteiger partial charge in [-0.1, -0.05) is 6.08 Å². The summed E-state index contributed by atoms with van der Waals surface area (Å²) in [5, 5.41) is 2.89. The number of ether oxygens (including phenoxy) is 1. The van der Waals surface area contributed by atoms with E-state index < -0.39 is 0 Å². The van der Waals surface area contributed by atoms with Gasteiger partial charge in [-0.2, -0.15) is 0 Å². The van der Waals surface area contributed by atoms with Gasteiger partial charge in [0, 0.05) is 13.1 Å². The van der Waals surface area contributed by atoms with Crippen molar-refractivity contribution >= 4 is 0 Å². The topological polar surface area (TPSA) is 21.3 Å². The van der Waals surface area contributed by atoms with Gasteiger partial charge in [0.1, 0.15) is 6.67 Å². The average Bonchev–Trinajstić information content (AvgIpc) is 2.03. The van der Waals surface area contributed by atoms with Crippen LogP contribution in [-0.2, 0) is 4.74 Å². The highest BCUT2D eigenvalue weighted by molar-refractivity contribution is 4.64. The van der Waals surface area contributed by atoms with Crippen LogP contribution in [0.2, 0.25) is 0 Å². The molecule has 0 rings (SSSR count). The molecule has 0 saturated carbocycles. The number of nitrogens with one attached hydrogen (secondary N) is 1. The van der Waals surface area contributed by atoms with Gasteiger partial charge in [-0.15, -0.1) is 6.58 Å². The summed E-state index contributed by atoms with van der Waals surface area (Å²) in [4.78, 5) is 0. The minimum atomic E-state index is -0.313. The number of hydrogen-bond donors (Lipinski definition) is 1. The Morgan fingerprint density at radius 3 is 2.82 bits per heavy atom. The van der Waals surface area contributed by atoms with E-state index in [0.29, 0.717) is 19.8 Å². The Balaban J connectivity index is 2.74. The van der Waals surface area contributed by atoms with Gasteiger partial charge in [0.15, 0.2) is 0 Å². The molecule has 0 spiro atoms. The van der Waals surface area contributed by atoms with Crippen LogP contribution in [0.3, 0.4) is 0 Å². The fourth-order valence-electron chi connectivity index (χ4n) is 0.605. The summed E-state index contributed by atoms with van der Waals surface area (Å²) in [6.45, 7) is 5.75. The summed E-state index contributed by atoms with van der Waals surface area (Å²) in [6, 6.07) is 0. The molecule has 0 aliphatic heterocycles. The zero-order valence-electron chi connectivity index (χ0n) is 6.81. The highest BCUT2D eigenvalue weighted by Crippen LogP contribution is 1.81. The molecule has 0 aliphatic rings. The van der Waals surface area contributed by atoms with Crippen molar-refractivity contribution in [2.24, 2.45) is 0 Å². The fraction of sp³-hybridized carbons (Fsp3) is 0.750. The molecular weight excluding hydrogens is 145 g/mol. The van der Waals surface area contributed by atoms with Crippen molar-refractivity contribution in [3.05, 3.63) is 12.7 Å². The zero-order valence-corrected chi connectivity index (χ0v) is 6.81. The molecular formula is C8H16FNO. The second kappa shape index (κ2) is 9.59. The predicted molar refractivity (Wildman–Crippen MR) is 44.5 cm³/mol. The molecule has 0 aromatic carbocycles. The molecule has 0 unspecified atom stereocenters. The quantitative estimate of drug-likeness (QED) is 0.426. The van der Waals surface area contributed by atoms with Gasteiger partial charge in [0.2, 0.25) is 0 Å². The predicted octanol–water partition coefficient (Wildman–Crippen LogP) is 1.14. The summed E-state index contributed by atoms with van der Waals surface area (Å²) in [7, 11) is 0. The largest absolute Gasteiger partial charge is 0.380 e. The summed E-state index contributed by atoms with van der Waals surface area (Å²) >= 11 is 0. The molecule has 66 valence electrons. The molecule has 0 radical (unpaired) electrons. The Hall–Kier alpha value is -0.410. The first-order valence-corrected chi connectivity index (χ1v) is 3.87. The van der Waals surface area contributed by atoms with Crippen LogP contribution in [0.15, 0.2) is 12.7 Å². The second-order valence-electron chi connectivity index (χ2n) is 2.13. The van der Waals surface area contributed by atoms with E-state index in [0.717, 1.165) is 13.0 Å². The molecule has 0 heterocycles. The molecule has 0 aliphatic carbocycles. The van der Waals surface area contributed by atoms with Crippen LogP contribution in [0.25, 0.3) is 0 Å². The van der Waals surface area contributed by atoms with Crippen molar-refractivity contribution in [2.45, 2.75) is 6.42 Å². The third-order valence-corrected chi connectivity index (χ3v) is 1.16. The van der Waals surface area contributed by atoms with E-state index in [1.165, 1.54) is 0 Å². The van der Waals surface area contributed by atoms with Crippen LogP contribution in [0.4, 0.5) is 4.39 Å². The molecule has 0 aromatic rings. The van der Waals surface area contributed by atoms with Crippen molar-refractivity contribution in [1.29, 1.82) is 0 Å². The first kappa shape index (κ1) is 10.6. The minimum Gasteiger partial charge on any atom is -0.380 e. The molecule has 3 heteroatoms. The maximum atomic E-state index is 11.5. The third kappa shape index (κ3) is 9.59. The lowest BCUT2D eigenvalue weighted by molar-refractivity contribution is 0.140. The smallest absolute Gasteiger partial charge is 0.102 e. The summed E-state index contributed by atoms with van der Waals surface area (Å²) in [5.41, 5.74) is 0. The molecule has 0 aromatic heterocycles. The third-order valence-electron chi connectivity index (χ3n) is 1.16. The van der Waals surface area contributed by atoms with E-state index in [9.17, 15) is 4.39 Å². The average molecular weight is 161 g/mol. The van der Waals surface area contributed by atoms with Gasteiger partial charge in [-0.3, -0.25) is 0 Å². The van der Waals surface area contributed by atoms with Crippen LogP contribution < -0.4 is 5.32 Å². The maximum absolute atomic E-state index is 11.5. The highest BCUT2D eigenvalue weighted by atomic mass is 19.1. The first-order chi connectivity index (χ1) is 5.41. The lowest BCUT2D eigenvalue weighted by Crippen LogP contribution is -2.21. The van der Waals surface area contributed by atoms with E-state index >= 15 is 0 Å². The molecule has 0 bridgehead atoms. The van der Waals surface area contributed by atoms with Gasteiger partial charge in [-0.25, -0.2) is 4.39 Å². The molecule has 0 saturated heterocycles. The van der Waals surface area contributed by atoms with E-state index in [2.05, 4.69) is 11.9 Å². The molecule has 11 heavy (non-hydrogen) atoms. The van der Waals surface area contributed by atoms with Crippen molar-refractivity contribution in [3.8, 4) is 0 Å². The SMILES string of the molecule is C=CCCOCCNCCF. The van der Waals surface area contributed by atoms with Crippen LogP contribution in [0, 0.1) is 0 Å². The van der Waals surface area contributed by atoms with E-state index in [-0.39, 0.29) is 6.67 Å². The minimum absolute atomic E-state index is 0.313. The molecule has 0 amide bonds.